The van der Waals surface area contributed by atoms with Crippen molar-refractivity contribution >= 4 is 5.91 Å². The van der Waals surface area contributed by atoms with E-state index in [1.54, 1.807) is 12.0 Å². The molecule has 1 amide bonds. The summed E-state index contributed by atoms with van der Waals surface area (Å²) in [5.74, 6) is 2.03. The van der Waals surface area contributed by atoms with E-state index >= 15 is 0 Å². The summed E-state index contributed by atoms with van der Waals surface area (Å²) in [7, 11) is 3.47. The summed E-state index contributed by atoms with van der Waals surface area (Å²) in [4.78, 5) is 18.8. The molecule has 1 atom stereocenters. The number of likely N-dealkylation sites (N-methyl/N-ethyl adjacent to an activating group) is 1. The lowest BCUT2D eigenvalue weighted by molar-refractivity contribution is -0.129. The minimum absolute atomic E-state index is 0.0449. The second-order valence-electron chi connectivity index (χ2n) is 7.02. The van der Waals surface area contributed by atoms with Crippen LogP contribution in [0.5, 0.6) is 5.75 Å². The van der Waals surface area contributed by atoms with E-state index in [0.29, 0.717) is 23.9 Å². The van der Waals surface area contributed by atoms with Gasteiger partial charge in [-0.2, -0.15) is 0 Å². The van der Waals surface area contributed by atoms with Crippen molar-refractivity contribution in [2.75, 3.05) is 27.3 Å². The maximum atomic E-state index is 12.6. The Morgan fingerprint density at radius 1 is 1.30 bits per heavy atom. The molecule has 1 aromatic heterocycles. The molecule has 1 unspecified atom stereocenters. The fraction of sp³-hybridized carbons (Fsp3) is 0.524. The van der Waals surface area contributed by atoms with Crippen molar-refractivity contribution in [2.24, 2.45) is 0 Å². The van der Waals surface area contributed by atoms with Crippen LogP contribution in [0.4, 0.5) is 0 Å². The average Bonchev–Trinajstić information content (AvgIpc) is 3.07. The lowest BCUT2D eigenvalue weighted by Gasteiger charge is -2.25. The van der Waals surface area contributed by atoms with E-state index in [4.69, 9.17) is 13.9 Å². The number of nitrogens with zero attached hydrogens (tertiary/aromatic N) is 2. The Kier molecular flexibility index (Phi) is 6.50. The molecule has 0 spiro atoms. The van der Waals surface area contributed by atoms with E-state index in [-0.39, 0.29) is 18.4 Å². The number of amides is 1. The van der Waals surface area contributed by atoms with E-state index < -0.39 is 0 Å². The van der Waals surface area contributed by atoms with Crippen LogP contribution in [0.3, 0.4) is 0 Å². The van der Waals surface area contributed by atoms with Crippen LogP contribution in [0.2, 0.25) is 0 Å². The van der Waals surface area contributed by atoms with Crippen LogP contribution in [0.25, 0.3) is 11.5 Å². The summed E-state index contributed by atoms with van der Waals surface area (Å²) in [6.07, 6.45) is 4.87. The molecule has 0 radical (unpaired) electrons. The molecule has 0 aliphatic carbocycles. The van der Waals surface area contributed by atoms with Crippen molar-refractivity contribution in [2.45, 2.75) is 45.1 Å². The molecule has 1 saturated heterocycles. The molecule has 2 heterocycles. The quantitative estimate of drug-likeness (QED) is 0.743. The van der Waals surface area contributed by atoms with E-state index in [1.165, 1.54) is 6.42 Å². The summed E-state index contributed by atoms with van der Waals surface area (Å²) < 4.78 is 16.7. The minimum atomic E-state index is 0.0449. The minimum Gasteiger partial charge on any atom is -0.497 e. The van der Waals surface area contributed by atoms with Crippen molar-refractivity contribution < 1.29 is 18.7 Å². The highest BCUT2D eigenvalue weighted by Crippen LogP contribution is 2.24. The average molecular weight is 372 g/mol. The molecule has 6 nitrogen and oxygen atoms in total. The third-order valence-corrected chi connectivity index (χ3v) is 5.03. The van der Waals surface area contributed by atoms with E-state index in [2.05, 4.69) is 4.98 Å². The fourth-order valence-electron chi connectivity index (χ4n) is 3.22. The van der Waals surface area contributed by atoms with Gasteiger partial charge in [0.15, 0.2) is 0 Å². The number of hydrogen-bond donors (Lipinski definition) is 0. The topological polar surface area (TPSA) is 64.8 Å². The fourth-order valence-corrected chi connectivity index (χ4v) is 3.22. The first kappa shape index (κ1) is 19.4. The number of carbonyl (C=O) groups excluding carboxylic acids is 1. The molecule has 27 heavy (non-hydrogen) atoms. The van der Waals surface area contributed by atoms with Gasteiger partial charge >= 0.3 is 0 Å². The smallest absolute Gasteiger partial charge is 0.228 e. The number of ether oxygens (including phenoxy) is 2. The van der Waals surface area contributed by atoms with Crippen molar-refractivity contribution in [1.29, 1.82) is 0 Å². The highest BCUT2D eigenvalue weighted by atomic mass is 16.5. The summed E-state index contributed by atoms with van der Waals surface area (Å²) in [6.45, 7) is 3.39. The summed E-state index contributed by atoms with van der Waals surface area (Å²) in [5, 5.41) is 0. The largest absolute Gasteiger partial charge is 0.497 e. The van der Waals surface area contributed by atoms with Gasteiger partial charge in [-0.3, -0.25) is 4.79 Å². The normalized spacial score (nSPS) is 16.9. The number of aromatic nitrogens is 1. The molecule has 0 saturated carbocycles. The Labute approximate surface area is 160 Å². The standard InChI is InChI=1S/C21H28N2O4/c1-15-19(22-21(27-15)16-7-9-17(25-3)10-8-16)14-20(24)23(2)12-11-18-6-4-5-13-26-18/h7-10,18H,4-6,11-14H2,1-3H3. The first-order chi connectivity index (χ1) is 13.1. The molecule has 6 heteroatoms. The third-order valence-electron chi connectivity index (χ3n) is 5.03. The van der Waals surface area contributed by atoms with Crippen LogP contribution < -0.4 is 4.74 Å². The number of rotatable bonds is 7. The van der Waals surface area contributed by atoms with E-state index in [1.807, 2.05) is 38.2 Å². The second kappa shape index (κ2) is 9.04. The molecule has 146 valence electrons. The number of oxazole rings is 1. The number of carbonyl (C=O) groups is 1. The Bertz CT molecular complexity index is 748. The predicted octanol–water partition coefficient (Wildman–Crippen LogP) is 3.62. The number of methoxy groups -OCH3 is 1. The number of aryl methyl sites for hydroxylation is 1. The van der Waals surface area contributed by atoms with Crippen molar-refractivity contribution in [3.8, 4) is 17.2 Å². The second-order valence-corrected chi connectivity index (χ2v) is 7.02. The summed E-state index contributed by atoms with van der Waals surface area (Å²) in [6, 6.07) is 7.51. The van der Waals surface area contributed by atoms with Crippen LogP contribution >= 0.6 is 0 Å². The van der Waals surface area contributed by atoms with Crippen LogP contribution in [0, 0.1) is 6.92 Å². The summed E-state index contributed by atoms with van der Waals surface area (Å²) >= 11 is 0. The highest BCUT2D eigenvalue weighted by Gasteiger charge is 2.19. The predicted molar refractivity (Wildman–Crippen MR) is 103 cm³/mol. The molecule has 0 bridgehead atoms. The molecular weight excluding hydrogens is 344 g/mol. The first-order valence-corrected chi connectivity index (χ1v) is 9.53. The molecule has 1 aliphatic heterocycles. The third kappa shape index (κ3) is 5.10. The van der Waals surface area contributed by atoms with Crippen LogP contribution in [0.15, 0.2) is 28.7 Å². The lowest BCUT2D eigenvalue weighted by atomic mass is 10.1. The van der Waals surface area contributed by atoms with Gasteiger partial charge in [-0.05, 0) is 56.9 Å². The maximum absolute atomic E-state index is 12.6. The monoisotopic (exact) mass is 372 g/mol. The van der Waals surface area contributed by atoms with E-state index in [0.717, 1.165) is 37.2 Å². The zero-order valence-corrected chi connectivity index (χ0v) is 16.4. The van der Waals surface area contributed by atoms with Gasteiger partial charge in [-0.15, -0.1) is 0 Å². The highest BCUT2D eigenvalue weighted by molar-refractivity contribution is 5.78. The zero-order valence-electron chi connectivity index (χ0n) is 16.4. The van der Waals surface area contributed by atoms with Crippen molar-refractivity contribution in [1.82, 2.24) is 9.88 Å². The van der Waals surface area contributed by atoms with Crippen LogP contribution in [-0.2, 0) is 16.0 Å². The number of benzene rings is 1. The van der Waals surface area contributed by atoms with Gasteiger partial charge in [0.1, 0.15) is 11.5 Å². The van der Waals surface area contributed by atoms with Gasteiger partial charge in [0.25, 0.3) is 0 Å². The van der Waals surface area contributed by atoms with Crippen molar-refractivity contribution in [3.05, 3.63) is 35.7 Å². The van der Waals surface area contributed by atoms with Crippen molar-refractivity contribution in [3.63, 3.8) is 0 Å². The van der Waals surface area contributed by atoms with Gasteiger partial charge in [-0.25, -0.2) is 4.98 Å². The van der Waals surface area contributed by atoms with Gasteiger partial charge in [0.05, 0.1) is 25.3 Å². The Morgan fingerprint density at radius 2 is 2.07 bits per heavy atom. The van der Waals surface area contributed by atoms with Gasteiger partial charge in [-0.1, -0.05) is 0 Å². The SMILES string of the molecule is COc1ccc(-c2nc(CC(=O)N(C)CCC3CCCCO3)c(C)o2)cc1. The molecular formula is C21H28N2O4. The molecule has 1 aliphatic rings. The Balaban J connectivity index is 1.57. The Hall–Kier alpha value is -2.34. The zero-order chi connectivity index (χ0) is 19.2. The van der Waals surface area contributed by atoms with Gasteiger partial charge in [0.2, 0.25) is 11.8 Å². The maximum Gasteiger partial charge on any atom is 0.228 e. The lowest BCUT2D eigenvalue weighted by Crippen LogP contribution is -2.32. The van der Waals surface area contributed by atoms with Gasteiger partial charge in [0, 0.05) is 25.8 Å². The van der Waals surface area contributed by atoms with Crippen LogP contribution in [-0.4, -0.2) is 49.2 Å². The molecule has 2 aromatic rings. The van der Waals surface area contributed by atoms with Crippen LogP contribution in [0.1, 0.15) is 37.1 Å². The molecule has 0 N–H and O–H groups in total. The number of hydrogen-bond acceptors (Lipinski definition) is 5. The Morgan fingerprint density at radius 3 is 2.74 bits per heavy atom. The first-order valence-electron chi connectivity index (χ1n) is 9.53. The molecule has 1 aromatic carbocycles. The van der Waals surface area contributed by atoms with Gasteiger partial charge < -0.3 is 18.8 Å². The van der Waals surface area contributed by atoms with E-state index in [9.17, 15) is 4.79 Å². The molecule has 3 rings (SSSR count). The summed E-state index contributed by atoms with van der Waals surface area (Å²) in [5.41, 5.74) is 1.55. The molecule has 1 fully saturated rings.